The van der Waals surface area contributed by atoms with Crippen molar-refractivity contribution in [1.29, 1.82) is 0 Å². The molecule has 1 aromatic heterocycles. The number of esters is 1. The number of carbonyl (C=O) groups is 2. The Morgan fingerprint density at radius 2 is 2.06 bits per heavy atom. The van der Waals surface area contributed by atoms with E-state index >= 15 is 0 Å². The molecule has 1 aromatic rings. The van der Waals surface area contributed by atoms with E-state index in [1.165, 1.54) is 13.0 Å². The van der Waals surface area contributed by atoms with Crippen molar-refractivity contribution < 1.29 is 24.5 Å². The lowest BCUT2D eigenvalue weighted by Crippen LogP contribution is -2.29. The first-order valence-electron chi connectivity index (χ1n) is 4.51. The lowest BCUT2D eigenvalue weighted by atomic mass is 10.0. The number of rotatable bonds is 4. The Bertz CT molecular complexity index is 398. The van der Waals surface area contributed by atoms with Gasteiger partial charge in [0.2, 0.25) is 0 Å². The maximum atomic E-state index is 11.2. The number of ketones is 1. The molecular weight excluding hydrogens is 232 g/mol. The summed E-state index contributed by atoms with van der Waals surface area (Å²) in [6, 6.07) is 1.50. The summed E-state index contributed by atoms with van der Waals surface area (Å²) in [7, 11) is 1.11. The van der Waals surface area contributed by atoms with E-state index in [2.05, 4.69) is 4.74 Å². The molecule has 1 rings (SSSR count). The number of hydrogen-bond donors (Lipinski definition) is 2. The van der Waals surface area contributed by atoms with E-state index < -0.39 is 18.2 Å². The number of aliphatic hydroxyl groups is 2. The van der Waals surface area contributed by atoms with Crippen LogP contribution in [-0.4, -0.2) is 35.2 Å². The Kier molecular flexibility index (Phi) is 4.17. The quantitative estimate of drug-likeness (QED) is 0.596. The van der Waals surface area contributed by atoms with Crippen molar-refractivity contribution in [3.63, 3.8) is 0 Å². The predicted octanol–water partition coefficient (Wildman–Crippen LogP) is 0.518. The SMILES string of the molecule is COC(=O)C(O)C(O)c1ccsc1C(C)=O. The van der Waals surface area contributed by atoms with Gasteiger partial charge in [0.15, 0.2) is 11.9 Å². The van der Waals surface area contributed by atoms with Gasteiger partial charge in [0.1, 0.15) is 6.10 Å². The van der Waals surface area contributed by atoms with E-state index in [1.54, 1.807) is 5.38 Å². The summed E-state index contributed by atoms with van der Waals surface area (Å²) in [5, 5.41) is 20.8. The van der Waals surface area contributed by atoms with Crippen molar-refractivity contribution >= 4 is 23.1 Å². The van der Waals surface area contributed by atoms with Gasteiger partial charge in [-0.1, -0.05) is 0 Å². The number of hydrogen-bond acceptors (Lipinski definition) is 6. The molecule has 0 saturated heterocycles. The number of aliphatic hydroxyl groups excluding tert-OH is 2. The monoisotopic (exact) mass is 244 g/mol. The lowest BCUT2D eigenvalue weighted by Gasteiger charge is -2.15. The fourth-order valence-corrected chi connectivity index (χ4v) is 2.10. The second-order valence-corrected chi connectivity index (χ2v) is 4.09. The van der Waals surface area contributed by atoms with Crippen molar-refractivity contribution in [2.75, 3.05) is 7.11 Å². The molecule has 0 fully saturated rings. The molecule has 1 heterocycles. The van der Waals surface area contributed by atoms with Gasteiger partial charge in [-0.25, -0.2) is 4.79 Å². The van der Waals surface area contributed by atoms with E-state index in [9.17, 15) is 19.8 Å². The molecule has 2 atom stereocenters. The standard InChI is InChI=1S/C10H12O5S/c1-5(11)9-6(3-4-16-9)7(12)8(13)10(14)15-2/h3-4,7-8,12-13H,1-2H3. The third-order valence-corrected chi connectivity index (χ3v) is 3.11. The molecule has 0 aromatic carbocycles. The van der Waals surface area contributed by atoms with Crippen molar-refractivity contribution in [3.05, 3.63) is 21.9 Å². The van der Waals surface area contributed by atoms with Gasteiger partial charge in [-0.15, -0.1) is 11.3 Å². The molecule has 0 aliphatic rings. The summed E-state index contributed by atoms with van der Waals surface area (Å²) in [5.74, 6) is -1.16. The number of methoxy groups -OCH3 is 1. The Morgan fingerprint density at radius 1 is 1.44 bits per heavy atom. The topological polar surface area (TPSA) is 83.8 Å². The van der Waals surface area contributed by atoms with Crippen LogP contribution >= 0.6 is 11.3 Å². The largest absolute Gasteiger partial charge is 0.467 e. The summed E-state index contributed by atoms with van der Waals surface area (Å²) in [5.41, 5.74) is 0.246. The third kappa shape index (κ3) is 2.46. The minimum Gasteiger partial charge on any atom is -0.467 e. The van der Waals surface area contributed by atoms with E-state index in [-0.39, 0.29) is 11.3 Å². The van der Waals surface area contributed by atoms with Gasteiger partial charge >= 0.3 is 5.97 Å². The second kappa shape index (κ2) is 5.20. The van der Waals surface area contributed by atoms with E-state index in [0.29, 0.717) is 4.88 Å². The van der Waals surface area contributed by atoms with Crippen molar-refractivity contribution in [2.45, 2.75) is 19.1 Å². The maximum absolute atomic E-state index is 11.2. The molecule has 0 amide bonds. The average Bonchev–Trinajstić information content (AvgIpc) is 2.74. The number of carbonyl (C=O) groups excluding carboxylic acids is 2. The fourth-order valence-electron chi connectivity index (χ4n) is 1.26. The molecule has 2 unspecified atom stereocenters. The van der Waals surface area contributed by atoms with Crippen molar-refractivity contribution in [3.8, 4) is 0 Å². The molecule has 0 saturated carbocycles. The molecule has 5 nitrogen and oxygen atoms in total. The summed E-state index contributed by atoms with van der Waals surface area (Å²) in [4.78, 5) is 22.5. The van der Waals surface area contributed by atoms with Crippen LogP contribution in [0.3, 0.4) is 0 Å². The van der Waals surface area contributed by atoms with Gasteiger partial charge in [0, 0.05) is 5.56 Å². The van der Waals surface area contributed by atoms with Gasteiger partial charge < -0.3 is 14.9 Å². The zero-order chi connectivity index (χ0) is 12.3. The van der Waals surface area contributed by atoms with Crippen molar-refractivity contribution in [1.82, 2.24) is 0 Å². The fraction of sp³-hybridized carbons (Fsp3) is 0.400. The minimum absolute atomic E-state index is 0.221. The van der Waals surface area contributed by atoms with Crippen LogP contribution in [-0.2, 0) is 9.53 Å². The van der Waals surface area contributed by atoms with Crippen LogP contribution in [0.2, 0.25) is 0 Å². The molecular formula is C10H12O5S. The Balaban J connectivity index is 2.96. The first-order valence-corrected chi connectivity index (χ1v) is 5.39. The molecule has 2 N–H and O–H groups in total. The number of thiophene rings is 1. The van der Waals surface area contributed by atoms with Crippen LogP contribution < -0.4 is 0 Å². The zero-order valence-corrected chi connectivity index (χ0v) is 9.65. The van der Waals surface area contributed by atoms with Gasteiger partial charge in [-0.3, -0.25) is 4.79 Å². The molecule has 88 valence electrons. The summed E-state index contributed by atoms with van der Waals surface area (Å²) in [6.07, 6.45) is -3.13. The minimum atomic E-state index is -1.68. The van der Waals surface area contributed by atoms with Crippen molar-refractivity contribution in [2.24, 2.45) is 0 Å². The highest BCUT2D eigenvalue weighted by Crippen LogP contribution is 2.26. The normalized spacial score (nSPS) is 14.2. The third-order valence-electron chi connectivity index (χ3n) is 2.08. The molecule has 0 radical (unpaired) electrons. The van der Waals surface area contributed by atoms with E-state index in [1.807, 2.05) is 0 Å². The Labute approximate surface area is 96.3 Å². The summed E-state index contributed by atoms with van der Waals surface area (Å²) in [6.45, 7) is 1.35. The highest BCUT2D eigenvalue weighted by Gasteiger charge is 2.29. The lowest BCUT2D eigenvalue weighted by molar-refractivity contribution is -0.156. The number of Topliss-reactive ketones (excluding diaryl/α,β-unsaturated/α-hetero) is 1. The molecule has 6 heteroatoms. The van der Waals surface area contributed by atoms with Crippen LogP contribution in [0.25, 0.3) is 0 Å². The zero-order valence-electron chi connectivity index (χ0n) is 8.84. The predicted molar refractivity (Wildman–Crippen MR) is 57.3 cm³/mol. The molecule has 0 bridgehead atoms. The van der Waals surface area contributed by atoms with Crippen LogP contribution in [0.15, 0.2) is 11.4 Å². The summed E-state index contributed by atoms with van der Waals surface area (Å²) >= 11 is 1.15. The second-order valence-electron chi connectivity index (χ2n) is 3.17. The Morgan fingerprint density at radius 3 is 2.56 bits per heavy atom. The molecule has 16 heavy (non-hydrogen) atoms. The average molecular weight is 244 g/mol. The first kappa shape index (κ1) is 12.8. The summed E-state index contributed by atoms with van der Waals surface area (Å²) < 4.78 is 4.30. The van der Waals surface area contributed by atoms with Crippen LogP contribution in [0.4, 0.5) is 0 Å². The van der Waals surface area contributed by atoms with Gasteiger partial charge in [0.25, 0.3) is 0 Å². The molecule has 0 aliphatic carbocycles. The molecule has 0 aliphatic heterocycles. The smallest absolute Gasteiger partial charge is 0.337 e. The van der Waals surface area contributed by atoms with E-state index in [4.69, 9.17) is 0 Å². The number of ether oxygens (including phenoxy) is 1. The van der Waals surface area contributed by atoms with Crippen LogP contribution in [0.1, 0.15) is 28.3 Å². The highest BCUT2D eigenvalue weighted by atomic mass is 32.1. The van der Waals surface area contributed by atoms with Gasteiger partial charge in [-0.05, 0) is 18.4 Å². The van der Waals surface area contributed by atoms with E-state index in [0.717, 1.165) is 18.4 Å². The van der Waals surface area contributed by atoms with Crippen LogP contribution in [0, 0.1) is 0 Å². The Hall–Kier alpha value is -1.24. The van der Waals surface area contributed by atoms with Gasteiger partial charge in [-0.2, -0.15) is 0 Å². The van der Waals surface area contributed by atoms with Crippen LogP contribution in [0.5, 0.6) is 0 Å². The van der Waals surface area contributed by atoms with Gasteiger partial charge in [0.05, 0.1) is 12.0 Å². The highest BCUT2D eigenvalue weighted by molar-refractivity contribution is 7.12. The molecule has 0 spiro atoms. The first-order chi connectivity index (χ1) is 7.49. The maximum Gasteiger partial charge on any atom is 0.337 e.